The molecule has 4 heteroatoms. The summed E-state index contributed by atoms with van der Waals surface area (Å²) in [6.07, 6.45) is 4.94. The van der Waals surface area contributed by atoms with Crippen LogP contribution >= 0.6 is 0 Å². The van der Waals surface area contributed by atoms with Gasteiger partial charge in [-0.25, -0.2) is 4.98 Å². The van der Waals surface area contributed by atoms with E-state index in [0.717, 1.165) is 29.9 Å². The van der Waals surface area contributed by atoms with E-state index in [1.807, 2.05) is 61.8 Å². The molecule has 2 aromatic carbocycles. The van der Waals surface area contributed by atoms with Crippen LogP contribution in [0.1, 0.15) is 22.5 Å². The van der Waals surface area contributed by atoms with E-state index in [2.05, 4.69) is 27.0 Å². The quantitative estimate of drug-likeness (QED) is 0.722. The molecule has 0 radical (unpaired) electrons. The summed E-state index contributed by atoms with van der Waals surface area (Å²) < 4.78 is 2.13. The number of imidazole rings is 1. The molecular weight excluding hydrogens is 310 g/mol. The molecular formula is C21H23N3O. The molecule has 0 saturated heterocycles. The minimum absolute atomic E-state index is 0.0514. The Balaban J connectivity index is 1.50. The zero-order valence-corrected chi connectivity index (χ0v) is 14.5. The topological polar surface area (TPSA) is 46.9 Å². The van der Waals surface area contributed by atoms with Crippen molar-refractivity contribution in [1.29, 1.82) is 0 Å². The van der Waals surface area contributed by atoms with Crippen molar-refractivity contribution in [3.05, 3.63) is 89.5 Å². The van der Waals surface area contributed by atoms with Gasteiger partial charge in [0, 0.05) is 31.9 Å². The number of nitrogens with zero attached hydrogens (tertiary/aromatic N) is 2. The minimum atomic E-state index is 0.0514. The van der Waals surface area contributed by atoms with Gasteiger partial charge in [-0.05, 0) is 23.6 Å². The lowest BCUT2D eigenvalue weighted by Gasteiger charge is -2.10. The number of nitrogens with one attached hydrogen (secondary N) is 1. The molecule has 1 aromatic heterocycles. The second-order valence-corrected chi connectivity index (χ2v) is 6.16. The first-order valence-electron chi connectivity index (χ1n) is 8.57. The zero-order chi connectivity index (χ0) is 17.5. The van der Waals surface area contributed by atoms with Crippen molar-refractivity contribution < 1.29 is 4.79 Å². The molecule has 0 atom stereocenters. The molecule has 0 aliphatic rings. The van der Waals surface area contributed by atoms with Gasteiger partial charge in [0.15, 0.2) is 0 Å². The van der Waals surface area contributed by atoms with E-state index in [4.69, 9.17) is 0 Å². The molecule has 0 aliphatic heterocycles. The first-order valence-corrected chi connectivity index (χ1v) is 8.57. The number of carbonyl (C=O) groups excluding carboxylic acids is 1. The molecule has 0 saturated carbocycles. The maximum absolute atomic E-state index is 12.1. The predicted octanol–water partition coefficient (Wildman–Crippen LogP) is 3.14. The molecule has 4 nitrogen and oxygen atoms in total. The Morgan fingerprint density at radius 1 is 1.08 bits per heavy atom. The first-order chi connectivity index (χ1) is 12.2. The fraction of sp³-hybridized carbons (Fsp3) is 0.238. The van der Waals surface area contributed by atoms with Crippen molar-refractivity contribution in [3.8, 4) is 0 Å². The van der Waals surface area contributed by atoms with E-state index in [1.165, 1.54) is 5.56 Å². The summed E-state index contributed by atoms with van der Waals surface area (Å²) in [5.74, 6) is 1.04. The molecule has 1 heterocycles. The first kappa shape index (κ1) is 17.0. The zero-order valence-electron chi connectivity index (χ0n) is 14.5. The monoisotopic (exact) mass is 333 g/mol. The Bertz CT molecular complexity index is 824. The molecule has 0 unspecified atom stereocenters. The second-order valence-electron chi connectivity index (χ2n) is 6.16. The van der Waals surface area contributed by atoms with Crippen molar-refractivity contribution in [2.45, 2.75) is 26.3 Å². The summed E-state index contributed by atoms with van der Waals surface area (Å²) >= 11 is 0. The molecule has 25 heavy (non-hydrogen) atoms. The fourth-order valence-electron chi connectivity index (χ4n) is 2.85. The van der Waals surface area contributed by atoms with Crippen LogP contribution in [-0.4, -0.2) is 22.0 Å². The summed E-state index contributed by atoms with van der Waals surface area (Å²) in [6.45, 7) is 3.42. The van der Waals surface area contributed by atoms with Crippen molar-refractivity contribution >= 4 is 5.91 Å². The van der Waals surface area contributed by atoms with E-state index in [0.29, 0.717) is 13.0 Å². The van der Waals surface area contributed by atoms with Gasteiger partial charge in [-0.1, -0.05) is 54.6 Å². The number of carbonyl (C=O) groups is 1. The summed E-state index contributed by atoms with van der Waals surface area (Å²) in [6, 6.07) is 18.3. The molecule has 3 rings (SSSR count). The highest BCUT2D eigenvalue weighted by atomic mass is 16.1. The third-order valence-corrected chi connectivity index (χ3v) is 4.28. The summed E-state index contributed by atoms with van der Waals surface area (Å²) in [4.78, 5) is 16.5. The maximum Gasteiger partial charge on any atom is 0.224 e. The lowest BCUT2D eigenvalue weighted by atomic mass is 10.1. The lowest BCUT2D eigenvalue weighted by Crippen LogP contribution is -2.28. The molecule has 0 spiro atoms. The van der Waals surface area contributed by atoms with E-state index in [1.54, 1.807) is 0 Å². The summed E-state index contributed by atoms with van der Waals surface area (Å²) in [5, 5.41) is 3.00. The Kier molecular flexibility index (Phi) is 5.62. The van der Waals surface area contributed by atoms with Gasteiger partial charge in [-0.15, -0.1) is 0 Å². The molecule has 1 amide bonds. The van der Waals surface area contributed by atoms with Crippen LogP contribution in [0.3, 0.4) is 0 Å². The van der Waals surface area contributed by atoms with E-state index in [-0.39, 0.29) is 5.91 Å². The van der Waals surface area contributed by atoms with Gasteiger partial charge in [-0.3, -0.25) is 4.79 Å². The summed E-state index contributed by atoms with van der Waals surface area (Å²) in [5.41, 5.74) is 3.46. The number of amides is 1. The average molecular weight is 333 g/mol. The minimum Gasteiger partial charge on any atom is -0.355 e. The largest absolute Gasteiger partial charge is 0.355 e. The SMILES string of the molecule is Cc1ccccc1CC(=O)NCCc1nccn1Cc1ccccc1. The highest BCUT2D eigenvalue weighted by Crippen LogP contribution is 2.08. The summed E-state index contributed by atoms with van der Waals surface area (Å²) in [7, 11) is 0. The number of hydrogen-bond acceptors (Lipinski definition) is 2. The van der Waals surface area contributed by atoms with Gasteiger partial charge in [0.25, 0.3) is 0 Å². The number of aryl methyl sites for hydroxylation is 1. The van der Waals surface area contributed by atoms with Gasteiger partial charge in [0.1, 0.15) is 5.82 Å². The van der Waals surface area contributed by atoms with Crippen molar-refractivity contribution in [1.82, 2.24) is 14.9 Å². The van der Waals surface area contributed by atoms with Crippen LogP contribution < -0.4 is 5.32 Å². The van der Waals surface area contributed by atoms with Crippen LogP contribution in [0.15, 0.2) is 67.0 Å². The van der Waals surface area contributed by atoms with E-state index in [9.17, 15) is 4.79 Å². The number of aromatic nitrogens is 2. The van der Waals surface area contributed by atoms with Crippen molar-refractivity contribution in [2.75, 3.05) is 6.54 Å². The number of benzene rings is 2. The third kappa shape index (κ3) is 4.80. The van der Waals surface area contributed by atoms with Gasteiger partial charge < -0.3 is 9.88 Å². The van der Waals surface area contributed by atoms with E-state index >= 15 is 0 Å². The van der Waals surface area contributed by atoms with Crippen LogP contribution in [-0.2, 0) is 24.2 Å². The molecule has 3 aromatic rings. The molecule has 0 fully saturated rings. The molecule has 1 N–H and O–H groups in total. The van der Waals surface area contributed by atoms with E-state index < -0.39 is 0 Å². The maximum atomic E-state index is 12.1. The molecule has 128 valence electrons. The number of hydrogen-bond donors (Lipinski definition) is 1. The van der Waals surface area contributed by atoms with Crippen molar-refractivity contribution in [2.24, 2.45) is 0 Å². The Labute approximate surface area is 148 Å². The normalized spacial score (nSPS) is 10.6. The molecule has 0 bridgehead atoms. The van der Waals surface area contributed by atoms with Crippen LogP contribution in [0.2, 0.25) is 0 Å². The van der Waals surface area contributed by atoms with Gasteiger partial charge >= 0.3 is 0 Å². The smallest absolute Gasteiger partial charge is 0.224 e. The Hall–Kier alpha value is -2.88. The van der Waals surface area contributed by atoms with Crippen LogP contribution in [0, 0.1) is 6.92 Å². The Morgan fingerprint density at radius 2 is 1.84 bits per heavy atom. The van der Waals surface area contributed by atoms with Crippen molar-refractivity contribution in [3.63, 3.8) is 0 Å². The lowest BCUT2D eigenvalue weighted by molar-refractivity contribution is -0.120. The standard InChI is InChI=1S/C21H23N3O/c1-17-7-5-6-10-19(17)15-21(25)23-12-11-20-22-13-14-24(20)16-18-8-3-2-4-9-18/h2-10,13-14H,11-12,15-16H2,1H3,(H,23,25). The van der Waals surface area contributed by atoms with Gasteiger partial charge in [-0.2, -0.15) is 0 Å². The van der Waals surface area contributed by atoms with Crippen LogP contribution in [0.25, 0.3) is 0 Å². The Morgan fingerprint density at radius 3 is 2.64 bits per heavy atom. The van der Waals surface area contributed by atoms with Crippen LogP contribution in [0.4, 0.5) is 0 Å². The fourth-order valence-corrected chi connectivity index (χ4v) is 2.85. The number of rotatable bonds is 7. The second kappa shape index (κ2) is 8.29. The predicted molar refractivity (Wildman–Crippen MR) is 99.4 cm³/mol. The highest BCUT2D eigenvalue weighted by Gasteiger charge is 2.07. The van der Waals surface area contributed by atoms with Gasteiger partial charge in [0.05, 0.1) is 6.42 Å². The average Bonchev–Trinajstić information content (AvgIpc) is 3.05. The highest BCUT2D eigenvalue weighted by molar-refractivity contribution is 5.78. The van der Waals surface area contributed by atoms with Gasteiger partial charge in [0.2, 0.25) is 5.91 Å². The molecule has 0 aliphatic carbocycles. The van der Waals surface area contributed by atoms with Crippen LogP contribution in [0.5, 0.6) is 0 Å². The third-order valence-electron chi connectivity index (χ3n) is 4.28.